The fraction of sp³-hybridized carbons (Fsp3) is 0.472. The van der Waals surface area contributed by atoms with E-state index in [0.29, 0.717) is 25.0 Å². The van der Waals surface area contributed by atoms with Gasteiger partial charge in [-0.05, 0) is 61.8 Å². The third-order valence-electron chi connectivity index (χ3n) is 8.40. The van der Waals surface area contributed by atoms with Gasteiger partial charge in [0, 0.05) is 43.2 Å². The highest BCUT2D eigenvalue weighted by Gasteiger charge is 2.31. The van der Waals surface area contributed by atoms with Crippen LogP contribution in [0.1, 0.15) is 87.5 Å². The first-order valence-corrected chi connectivity index (χ1v) is 15.8. The zero-order valence-corrected chi connectivity index (χ0v) is 26.3. The summed E-state index contributed by atoms with van der Waals surface area (Å²) in [5, 5.41) is 11.9. The van der Waals surface area contributed by atoms with Crippen molar-refractivity contribution in [3.63, 3.8) is 0 Å². The number of carbonyl (C=O) groups is 4. The summed E-state index contributed by atoms with van der Waals surface area (Å²) in [7, 11) is 0. The maximum atomic E-state index is 14.0. The Labute approximate surface area is 260 Å². The summed E-state index contributed by atoms with van der Waals surface area (Å²) in [5.41, 5.74) is 1.02. The number of benzene rings is 2. The summed E-state index contributed by atoms with van der Waals surface area (Å²) < 4.78 is 5.09. The fourth-order valence-electron chi connectivity index (χ4n) is 6.21. The molecule has 0 aliphatic heterocycles. The number of Topliss-reactive ketones (excluding diaryl/α,β-unsaturated/α-hetero) is 2. The van der Waals surface area contributed by atoms with Crippen molar-refractivity contribution in [3.05, 3.63) is 77.7 Å². The maximum absolute atomic E-state index is 14.0. The summed E-state index contributed by atoms with van der Waals surface area (Å²) in [6.45, 7) is 7.64. The predicted octanol–water partition coefficient (Wildman–Crippen LogP) is 6.31. The van der Waals surface area contributed by atoms with Crippen LogP contribution in [-0.2, 0) is 20.8 Å². The van der Waals surface area contributed by atoms with Crippen molar-refractivity contribution in [3.8, 4) is 0 Å². The number of ketones is 2. The van der Waals surface area contributed by atoms with E-state index in [1.54, 1.807) is 6.92 Å². The van der Waals surface area contributed by atoms with Gasteiger partial charge in [0.25, 0.3) is 5.91 Å². The van der Waals surface area contributed by atoms with E-state index in [0.717, 1.165) is 35.6 Å². The Hall–Kier alpha value is -4.07. The van der Waals surface area contributed by atoms with E-state index in [-0.39, 0.29) is 53.9 Å². The lowest BCUT2D eigenvalue weighted by Gasteiger charge is -2.27. The van der Waals surface area contributed by atoms with Gasteiger partial charge in [0.05, 0.1) is 6.04 Å². The number of aryl methyl sites for hydroxylation is 1. The standard InChI is InChI=1S/C36H45N3O5/c1-5-11-29(20-27-13-7-9-17-33(27)40)37-35(42)28(18-23(2)3)22-34(41)31(38-36(43)32-19-24(4)44-39-32)21-26-15-10-14-25-12-6-8-16-30(25)26/h5-6,8,10-12,14-16,19,23,27-29,31H,7,9,13,17-18,20-22H2,1-4H3,(H,37,42)(H,38,43)/b11-5+/t27-,28+,29?,31-/m0/s1. The number of hydrogen-bond acceptors (Lipinski definition) is 6. The van der Waals surface area contributed by atoms with Gasteiger partial charge >= 0.3 is 0 Å². The van der Waals surface area contributed by atoms with Crippen LogP contribution < -0.4 is 10.6 Å². The molecule has 2 aromatic carbocycles. The third-order valence-corrected chi connectivity index (χ3v) is 8.40. The molecule has 2 N–H and O–H groups in total. The molecule has 4 rings (SSSR count). The molecule has 0 bridgehead atoms. The van der Waals surface area contributed by atoms with Gasteiger partial charge in [0.2, 0.25) is 5.91 Å². The first-order chi connectivity index (χ1) is 21.1. The van der Waals surface area contributed by atoms with Crippen LogP contribution in [0.5, 0.6) is 0 Å². The number of nitrogens with one attached hydrogen (secondary N) is 2. The summed E-state index contributed by atoms with van der Waals surface area (Å²) in [6.07, 6.45) is 8.54. The monoisotopic (exact) mass is 599 g/mol. The van der Waals surface area contributed by atoms with E-state index in [1.165, 1.54) is 6.07 Å². The topological polar surface area (TPSA) is 118 Å². The van der Waals surface area contributed by atoms with E-state index in [4.69, 9.17) is 4.52 Å². The highest BCUT2D eigenvalue weighted by atomic mass is 16.5. The van der Waals surface area contributed by atoms with Crippen LogP contribution in [0.25, 0.3) is 10.8 Å². The summed E-state index contributed by atoms with van der Waals surface area (Å²) in [4.78, 5) is 53.4. The van der Waals surface area contributed by atoms with Gasteiger partial charge in [-0.15, -0.1) is 0 Å². The van der Waals surface area contributed by atoms with E-state index < -0.39 is 17.9 Å². The molecular formula is C36H45N3O5. The number of nitrogens with zero attached hydrogens (tertiary/aromatic N) is 1. The minimum absolute atomic E-state index is 0.0253. The molecule has 8 heteroatoms. The van der Waals surface area contributed by atoms with Crippen molar-refractivity contribution in [1.29, 1.82) is 0 Å². The van der Waals surface area contributed by atoms with Gasteiger partial charge in [-0.3, -0.25) is 19.2 Å². The average Bonchev–Trinajstić information content (AvgIpc) is 3.44. The number of hydrogen-bond donors (Lipinski definition) is 2. The van der Waals surface area contributed by atoms with Crippen molar-refractivity contribution in [2.75, 3.05) is 0 Å². The zero-order chi connectivity index (χ0) is 31.6. The second-order valence-electron chi connectivity index (χ2n) is 12.5. The second kappa shape index (κ2) is 15.6. The molecule has 44 heavy (non-hydrogen) atoms. The number of aromatic nitrogens is 1. The molecule has 1 fully saturated rings. The molecule has 1 aliphatic rings. The lowest BCUT2D eigenvalue weighted by molar-refractivity contribution is -0.131. The quantitative estimate of drug-likeness (QED) is 0.210. The lowest BCUT2D eigenvalue weighted by atomic mass is 9.83. The van der Waals surface area contributed by atoms with Crippen molar-refractivity contribution in [2.45, 2.75) is 91.1 Å². The molecule has 1 aromatic heterocycles. The summed E-state index contributed by atoms with van der Waals surface area (Å²) in [6, 6.07) is 14.2. The first-order valence-electron chi connectivity index (χ1n) is 15.8. The fourth-order valence-corrected chi connectivity index (χ4v) is 6.21. The minimum Gasteiger partial charge on any atom is -0.361 e. The SMILES string of the molecule is C/C=C/C(C[C@@H]1CCCCC1=O)NC(=O)[C@@H](CC(=O)[C@H](Cc1cccc2ccccc12)NC(=O)c1cc(C)on1)CC(C)C. The van der Waals surface area contributed by atoms with E-state index in [2.05, 4.69) is 15.8 Å². The molecule has 0 saturated heterocycles. The Morgan fingerprint density at radius 2 is 1.84 bits per heavy atom. The molecule has 0 spiro atoms. The van der Waals surface area contributed by atoms with Crippen molar-refractivity contribution >= 4 is 34.2 Å². The molecular weight excluding hydrogens is 554 g/mol. The second-order valence-corrected chi connectivity index (χ2v) is 12.5. The van der Waals surface area contributed by atoms with Gasteiger partial charge in [0.15, 0.2) is 11.5 Å². The van der Waals surface area contributed by atoms with Gasteiger partial charge in [0.1, 0.15) is 11.5 Å². The Bertz CT molecular complexity index is 1480. The van der Waals surface area contributed by atoms with Gasteiger partial charge < -0.3 is 15.2 Å². The van der Waals surface area contributed by atoms with Crippen molar-refractivity contribution < 1.29 is 23.7 Å². The molecule has 3 aromatic rings. The lowest BCUT2D eigenvalue weighted by Crippen LogP contribution is -2.45. The normalized spacial score (nSPS) is 17.5. The highest BCUT2D eigenvalue weighted by molar-refractivity contribution is 5.98. The number of rotatable bonds is 14. The smallest absolute Gasteiger partial charge is 0.274 e. The minimum atomic E-state index is -0.876. The van der Waals surface area contributed by atoms with E-state index >= 15 is 0 Å². The van der Waals surface area contributed by atoms with Crippen LogP contribution >= 0.6 is 0 Å². The van der Waals surface area contributed by atoms with Crippen LogP contribution in [-0.4, -0.2) is 40.6 Å². The van der Waals surface area contributed by atoms with Gasteiger partial charge in [-0.2, -0.15) is 0 Å². The predicted molar refractivity (Wildman–Crippen MR) is 171 cm³/mol. The summed E-state index contributed by atoms with van der Waals surface area (Å²) >= 11 is 0. The highest BCUT2D eigenvalue weighted by Crippen LogP contribution is 2.26. The van der Waals surface area contributed by atoms with Crippen LogP contribution in [0.4, 0.5) is 0 Å². The largest absolute Gasteiger partial charge is 0.361 e. The molecule has 1 unspecified atom stereocenters. The first kappa shape index (κ1) is 32.8. The zero-order valence-electron chi connectivity index (χ0n) is 26.3. The molecule has 2 amide bonds. The van der Waals surface area contributed by atoms with Crippen LogP contribution in [0.15, 0.2) is 65.2 Å². The van der Waals surface area contributed by atoms with Crippen molar-refractivity contribution in [1.82, 2.24) is 15.8 Å². The number of carbonyl (C=O) groups excluding carboxylic acids is 4. The molecule has 1 heterocycles. The molecule has 1 saturated carbocycles. The molecule has 0 radical (unpaired) electrons. The van der Waals surface area contributed by atoms with E-state index in [9.17, 15) is 19.2 Å². The van der Waals surface area contributed by atoms with Crippen LogP contribution in [0, 0.1) is 24.7 Å². The molecule has 1 aliphatic carbocycles. The van der Waals surface area contributed by atoms with E-state index in [1.807, 2.05) is 75.4 Å². The third kappa shape index (κ3) is 8.97. The summed E-state index contributed by atoms with van der Waals surface area (Å²) in [5.74, 6) is -0.652. The van der Waals surface area contributed by atoms with Gasteiger partial charge in [-0.1, -0.05) is 80.0 Å². The van der Waals surface area contributed by atoms with Crippen molar-refractivity contribution in [2.24, 2.45) is 17.8 Å². The van der Waals surface area contributed by atoms with Crippen LogP contribution in [0.3, 0.4) is 0 Å². The Morgan fingerprint density at radius 1 is 1.07 bits per heavy atom. The molecule has 234 valence electrons. The molecule has 8 nitrogen and oxygen atoms in total. The Morgan fingerprint density at radius 3 is 2.55 bits per heavy atom. The molecule has 4 atom stereocenters. The van der Waals surface area contributed by atoms with Gasteiger partial charge in [-0.25, -0.2) is 0 Å². The number of allylic oxidation sites excluding steroid dienone is 1. The van der Waals surface area contributed by atoms with Crippen LogP contribution in [0.2, 0.25) is 0 Å². The number of amides is 2. The Balaban J connectivity index is 1.55. The Kier molecular flexibility index (Phi) is 11.6. The number of fused-ring (bicyclic) bond motifs is 1. The maximum Gasteiger partial charge on any atom is 0.274 e. The average molecular weight is 600 g/mol.